The molecule has 1 aliphatic rings. The van der Waals surface area contributed by atoms with Crippen LogP contribution >= 0.6 is 0 Å². The molecule has 0 atom stereocenters. The summed E-state index contributed by atoms with van der Waals surface area (Å²) < 4.78 is 39.7. The van der Waals surface area contributed by atoms with Gasteiger partial charge in [-0.1, -0.05) is 18.9 Å². The molecular formula is C22H25FN2O4S. The first kappa shape index (κ1) is 22.0. The molecule has 0 saturated heterocycles. The summed E-state index contributed by atoms with van der Waals surface area (Å²) >= 11 is 0. The zero-order valence-electron chi connectivity index (χ0n) is 17.2. The fourth-order valence-corrected chi connectivity index (χ4v) is 5.96. The van der Waals surface area contributed by atoms with Crippen molar-refractivity contribution in [2.24, 2.45) is 0 Å². The fourth-order valence-electron chi connectivity index (χ4n) is 3.81. The number of hydrogen-bond donors (Lipinski definition) is 2. The zero-order chi connectivity index (χ0) is 22.1. The quantitative estimate of drug-likeness (QED) is 0.743. The van der Waals surface area contributed by atoms with E-state index in [9.17, 15) is 22.4 Å². The Morgan fingerprint density at radius 1 is 0.967 bits per heavy atom. The molecule has 0 radical (unpaired) electrons. The Labute approximate surface area is 175 Å². The van der Waals surface area contributed by atoms with Crippen molar-refractivity contribution in [1.29, 1.82) is 0 Å². The monoisotopic (exact) mass is 432 g/mol. The van der Waals surface area contributed by atoms with Crippen LogP contribution < -0.4 is 10.6 Å². The lowest BCUT2D eigenvalue weighted by Gasteiger charge is -2.28. The Hall–Kier alpha value is -2.74. The van der Waals surface area contributed by atoms with Crippen LogP contribution in [0.3, 0.4) is 0 Å². The molecule has 3 rings (SSSR count). The van der Waals surface area contributed by atoms with Crippen molar-refractivity contribution in [3.63, 3.8) is 0 Å². The van der Waals surface area contributed by atoms with Crippen molar-refractivity contribution in [1.82, 2.24) is 0 Å². The average molecular weight is 433 g/mol. The van der Waals surface area contributed by atoms with E-state index in [0.29, 0.717) is 18.5 Å². The van der Waals surface area contributed by atoms with Gasteiger partial charge in [0, 0.05) is 12.6 Å². The van der Waals surface area contributed by atoms with E-state index in [1.54, 1.807) is 12.1 Å². The summed E-state index contributed by atoms with van der Waals surface area (Å²) in [6, 6.07) is 8.57. The van der Waals surface area contributed by atoms with E-state index in [1.165, 1.54) is 25.1 Å². The van der Waals surface area contributed by atoms with Crippen LogP contribution in [0, 0.1) is 19.7 Å². The van der Waals surface area contributed by atoms with Gasteiger partial charge in [-0.25, -0.2) is 12.8 Å². The lowest BCUT2D eigenvalue weighted by atomic mass is 10.1. The van der Waals surface area contributed by atoms with Gasteiger partial charge in [-0.3, -0.25) is 9.59 Å². The van der Waals surface area contributed by atoms with Gasteiger partial charge in [0.1, 0.15) is 5.82 Å². The molecule has 0 bridgehead atoms. The molecule has 0 unspecified atom stereocenters. The number of nitrogens with one attached hydrogen (secondary N) is 2. The molecular weight excluding hydrogens is 407 g/mol. The minimum Gasteiger partial charge on any atom is -0.326 e. The Balaban J connectivity index is 1.99. The van der Waals surface area contributed by atoms with E-state index in [0.717, 1.165) is 17.2 Å². The first-order chi connectivity index (χ1) is 14.1. The van der Waals surface area contributed by atoms with Crippen molar-refractivity contribution in [2.45, 2.75) is 56.1 Å². The minimum absolute atomic E-state index is 0.0927. The van der Waals surface area contributed by atoms with E-state index in [4.69, 9.17) is 0 Å². The predicted molar refractivity (Wildman–Crippen MR) is 114 cm³/mol. The molecule has 1 saturated carbocycles. The van der Waals surface area contributed by atoms with Gasteiger partial charge in [-0.05, 0) is 68.1 Å². The van der Waals surface area contributed by atoms with Crippen LogP contribution in [0.25, 0.3) is 0 Å². The van der Waals surface area contributed by atoms with Crippen LogP contribution in [0.15, 0.2) is 41.3 Å². The summed E-state index contributed by atoms with van der Waals surface area (Å²) in [6.07, 6.45) is 1.51. The molecule has 6 nitrogen and oxygen atoms in total. The highest BCUT2D eigenvalue weighted by molar-refractivity contribution is 7.93. The number of benzene rings is 2. The highest BCUT2D eigenvalue weighted by atomic mass is 32.2. The fraction of sp³-hybridized carbons (Fsp3) is 0.364. The highest BCUT2D eigenvalue weighted by Gasteiger charge is 2.53. The van der Waals surface area contributed by atoms with Gasteiger partial charge in [0.15, 0.2) is 14.6 Å². The summed E-state index contributed by atoms with van der Waals surface area (Å²) in [7, 11) is -4.01. The maximum Gasteiger partial charge on any atom is 0.246 e. The Bertz CT molecular complexity index is 1110. The molecule has 8 heteroatoms. The molecule has 30 heavy (non-hydrogen) atoms. The number of aryl methyl sites for hydroxylation is 2. The third-order valence-electron chi connectivity index (χ3n) is 5.66. The van der Waals surface area contributed by atoms with E-state index in [2.05, 4.69) is 10.6 Å². The first-order valence-corrected chi connectivity index (χ1v) is 11.3. The van der Waals surface area contributed by atoms with E-state index in [-0.39, 0.29) is 29.3 Å². The molecule has 2 aromatic rings. The number of hydrogen-bond acceptors (Lipinski definition) is 4. The second kappa shape index (κ2) is 8.18. The summed E-state index contributed by atoms with van der Waals surface area (Å²) in [6.45, 7) is 5.01. The molecule has 2 N–H and O–H groups in total. The van der Waals surface area contributed by atoms with Crippen molar-refractivity contribution < 1.29 is 22.4 Å². The summed E-state index contributed by atoms with van der Waals surface area (Å²) in [5.41, 5.74) is 1.90. The predicted octanol–water partition coefficient (Wildman–Crippen LogP) is 4.13. The molecule has 0 aliphatic heterocycles. The van der Waals surface area contributed by atoms with Crippen LogP contribution in [0.4, 0.5) is 15.8 Å². The molecule has 2 aromatic carbocycles. The molecule has 0 aromatic heterocycles. The SMILES string of the molecule is CC(=O)Nc1ccc(F)c(NC(=O)C2(S(=O)(=O)c3ccc(C)c(C)c3)CCCC2)c1. The average Bonchev–Trinajstić information content (AvgIpc) is 3.18. The molecule has 160 valence electrons. The summed E-state index contributed by atoms with van der Waals surface area (Å²) in [4.78, 5) is 24.6. The van der Waals surface area contributed by atoms with Gasteiger partial charge >= 0.3 is 0 Å². The third kappa shape index (κ3) is 3.96. The lowest BCUT2D eigenvalue weighted by Crippen LogP contribution is -2.47. The number of amides is 2. The largest absolute Gasteiger partial charge is 0.326 e. The summed E-state index contributed by atoms with van der Waals surface area (Å²) in [5, 5.41) is 4.98. The smallest absolute Gasteiger partial charge is 0.246 e. The van der Waals surface area contributed by atoms with E-state index >= 15 is 0 Å². The van der Waals surface area contributed by atoms with Crippen molar-refractivity contribution in [3.05, 3.63) is 53.3 Å². The van der Waals surface area contributed by atoms with Crippen molar-refractivity contribution >= 4 is 33.0 Å². The summed E-state index contributed by atoms with van der Waals surface area (Å²) in [5.74, 6) is -1.81. The van der Waals surface area contributed by atoms with Crippen LogP contribution in [-0.2, 0) is 19.4 Å². The maximum absolute atomic E-state index is 14.3. The molecule has 1 aliphatic carbocycles. The van der Waals surface area contributed by atoms with Gasteiger partial charge in [-0.15, -0.1) is 0 Å². The van der Waals surface area contributed by atoms with Crippen molar-refractivity contribution in [3.8, 4) is 0 Å². The number of carbonyl (C=O) groups is 2. The minimum atomic E-state index is -4.01. The van der Waals surface area contributed by atoms with Crippen molar-refractivity contribution in [2.75, 3.05) is 10.6 Å². The second-order valence-electron chi connectivity index (χ2n) is 7.78. The number of carbonyl (C=O) groups excluding carboxylic acids is 2. The van der Waals surface area contributed by atoms with Gasteiger partial charge in [0.05, 0.1) is 10.6 Å². The van der Waals surface area contributed by atoms with Gasteiger partial charge < -0.3 is 10.6 Å². The molecule has 1 fully saturated rings. The van der Waals surface area contributed by atoms with E-state index in [1.807, 2.05) is 13.8 Å². The standard InChI is InChI=1S/C22H25FN2O4S/c1-14-6-8-18(12-15(14)2)30(28,29)22(10-4-5-11-22)21(27)25-20-13-17(24-16(3)26)7-9-19(20)23/h6-9,12-13H,4-5,10-11H2,1-3H3,(H,24,26)(H,25,27). The van der Waals surface area contributed by atoms with Crippen LogP contribution in [0.1, 0.15) is 43.7 Å². The third-order valence-corrected chi connectivity index (χ3v) is 8.16. The van der Waals surface area contributed by atoms with Gasteiger partial charge in [-0.2, -0.15) is 0 Å². The van der Waals surface area contributed by atoms with Gasteiger partial charge in [0.2, 0.25) is 11.8 Å². The molecule has 0 heterocycles. The van der Waals surface area contributed by atoms with Crippen LogP contribution in [-0.4, -0.2) is 25.0 Å². The molecule has 0 spiro atoms. The van der Waals surface area contributed by atoms with E-state index < -0.39 is 26.3 Å². The normalized spacial score (nSPS) is 15.6. The second-order valence-corrected chi connectivity index (χ2v) is 10.0. The number of sulfone groups is 1. The topological polar surface area (TPSA) is 92.3 Å². The number of anilines is 2. The molecule has 2 amide bonds. The number of halogens is 1. The van der Waals surface area contributed by atoms with Crippen LogP contribution in [0.2, 0.25) is 0 Å². The van der Waals surface area contributed by atoms with Gasteiger partial charge in [0.25, 0.3) is 0 Å². The highest BCUT2D eigenvalue weighted by Crippen LogP contribution is 2.42. The lowest BCUT2D eigenvalue weighted by molar-refractivity contribution is -0.118. The Morgan fingerprint density at radius 3 is 2.23 bits per heavy atom. The Morgan fingerprint density at radius 2 is 1.63 bits per heavy atom. The first-order valence-electron chi connectivity index (χ1n) is 9.77. The Kier molecular flexibility index (Phi) is 5.99. The number of rotatable bonds is 5. The zero-order valence-corrected chi connectivity index (χ0v) is 18.0. The maximum atomic E-state index is 14.3. The van der Waals surface area contributed by atoms with Crippen LogP contribution in [0.5, 0.6) is 0 Å².